The molecule has 118 valence electrons. The van der Waals surface area contributed by atoms with Gasteiger partial charge in [0.1, 0.15) is 12.6 Å². The summed E-state index contributed by atoms with van der Waals surface area (Å²) in [6.45, 7) is 10.6. The molecule has 0 heterocycles. The number of carbonyl (C=O) groups excluding carboxylic acids is 1. The smallest absolute Gasteiger partial charge is 0.105 e. The van der Waals surface area contributed by atoms with Gasteiger partial charge in [0.05, 0.1) is 19.6 Å². The molecule has 2 atom stereocenters. The lowest BCUT2D eigenvalue weighted by Crippen LogP contribution is -2.56. The molecule has 0 amide bonds. The van der Waals surface area contributed by atoms with Crippen LogP contribution in [-0.4, -0.2) is 47.8 Å². The zero-order valence-electron chi connectivity index (χ0n) is 13.5. The number of aliphatic hydroxyl groups is 1. The van der Waals surface area contributed by atoms with Gasteiger partial charge in [-0.25, -0.2) is 0 Å². The fraction of sp³-hybridized carbons (Fsp3) is 0.812. The normalized spacial score (nSPS) is 15.4. The molecule has 0 bridgehead atoms. The predicted molar refractivity (Wildman–Crippen MR) is 79.9 cm³/mol. The van der Waals surface area contributed by atoms with Crippen molar-refractivity contribution in [2.75, 3.05) is 26.2 Å². The molecule has 0 aliphatic rings. The molecular formula is C16H31NO3. The topological polar surface area (TPSA) is 60.4 Å². The number of nitrogens with zero attached hydrogens (tertiary/aromatic N) is 1. The molecular weight excluding hydrogens is 254 g/mol. The second kappa shape index (κ2) is 9.94. The van der Waals surface area contributed by atoms with Crippen molar-refractivity contribution in [2.45, 2.75) is 53.1 Å². The molecule has 0 radical (unpaired) electrons. The first-order valence-electron chi connectivity index (χ1n) is 7.76. The highest BCUT2D eigenvalue weighted by Gasteiger charge is 2.29. The minimum absolute atomic E-state index is 0.367. The molecule has 20 heavy (non-hydrogen) atoms. The Balaban J connectivity index is 4.46. The Morgan fingerprint density at radius 2 is 1.90 bits per heavy atom. The van der Waals surface area contributed by atoms with Crippen LogP contribution >= 0.6 is 0 Å². The number of hydrogen-bond acceptors (Lipinski definition) is 3. The summed E-state index contributed by atoms with van der Waals surface area (Å²) >= 11 is 0. The van der Waals surface area contributed by atoms with Gasteiger partial charge in [-0.3, -0.25) is 0 Å². The van der Waals surface area contributed by atoms with Crippen LogP contribution < -0.4 is 5.11 Å². The highest BCUT2D eigenvalue weighted by atomic mass is 16.4. The van der Waals surface area contributed by atoms with Gasteiger partial charge in [-0.05, 0) is 40.0 Å². The summed E-state index contributed by atoms with van der Waals surface area (Å²) in [5.74, 6) is -1.48. The molecule has 0 saturated carbocycles. The Morgan fingerprint density at radius 1 is 1.30 bits per heavy atom. The Kier molecular flexibility index (Phi) is 9.51. The van der Waals surface area contributed by atoms with Gasteiger partial charge in [-0.1, -0.05) is 19.1 Å². The first-order chi connectivity index (χ1) is 9.40. The highest BCUT2D eigenvalue weighted by Crippen LogP contribution is 2.15. The van der Waals surface area contributed by atoms with E-state index in [9.17, 15) is 15.0 Å². The number of allylic oxidation sites excluding steroid dienone is 2. The maximum atomic E-state index is 10.9. The lowest BCUT2D eigenvalue weighted by molar-refractivity contribution is -0.929. The van der Waals surface area contributed by atoms with Crippen molar-refractivity contribution in [3.05, 3.63) is 12.2 Å². The monoisotopic (exact) mass is 285 g/mol. The quantitative estimate of drug-likeness (QED) is 0.354. The van der Waals surface area contributed by atoms with Crippen LogP contribution in [0.3, 0.4) is 0 Å². The van der Waals surface area contributed by atoms with Crippen LogP contribution in [0, 0.1) is 5.92 Å². The van der Waals surface area contributed by atoms with Crippen molar-refractivity contribution >= 4 is 5.97 Å². The van der Waals surface area contributed by atoms with Gasteiger partial charge < -0.3 is 19.5 Å². The van der Waals surface area contributed by atoms with Gasteiger partial charge in [0.15, 0.2) is 0 Å². The van der Waals surface area contributed by atoms with Crippen LogP contribution in [0.25, 0.3) is 0 Å². The summed E-state index contributed by atoms with van der Waals surface area (Å²) in [7, 11) is 0. The molecule has 0 aromatic carbocycles. The number of carboxylic acids is 1. The standard InChI is InChI=1S/C16H31NO3/c1-5-8-9-10-11-15(18)13-17(6-2,7-3)12-14(4)16(19)20/h5,8,14-15,18H,6-7,9-13H2,1-4H3/b8-5+. The van der Waals surface area contributed by atoms with E-state index < -0.39 is 11.9 Å². The summed E-state index contributed by atoms with van der Waals surface area (Å²) in [5, 5.41) is 21.1. The van der Waals surface area contributed by atoms with Crippen molar-refractivity contribution in [2.24, 2.45) is 5.92 Å². The summed E-state index contributed by atoms with van der Waals surface area (Å²) in [6.07, 6.45) is 6.48. The van der Waals surface area contributed by atoms with Crippen LogP contribution in [0.2, 0.25) is 0 Å². The third-order valence-electron chi connectivity index (χ3n) is 4.15. The van der Waals surface area contributed by atoms with Gasteiger partial charge in [0, 0.05) is 11.9 Å². The van der Waals surface area contributed by atoms with E-state index >= 15 is 0 Å². The van der Waals surface area contributed by atoms with Crippen LogP contribution in [0.15, 0.2) is 12.2 Å². The molecule has 2 unspecified atom stereocenters. The number of rotatable bonds is 11. The van der Waals surface area contributed by atoms with Crippen LogP contribution in [0.5, 0.6) is 0 Å². The van der Waals surface area contributed by atoms with Crippen molar-refractivity contribution in [3.63, 3.8) is 0 Å². The number of quaternary nitrogens is 1. The van der Waals surface area contributed by atoms with Gasteiger partial charge in [-0.15, -0.1) is 0 Å². The fourth-order valence-corrected chi connectivity index (χ4v) is 2.65. The Hall–Kier alpha value is -0.870. The van der Waals surface area contributed by atoms with Crippen molar-refractivity contribution in [1.29, 1.82) is 0 Å². The molecule has 0 aliphatic carbocycles. The first-order valence-corrected chi connectivity index (χ1v) is 7.76. The summed E-state index contributed by atoms with van der Waals surface area (Å²) in [4.78, 5) is 10.9. The third-order valence-corrected chi connectivity index (χ3v) is 4.15. The SMILES string of the molecule is C/C=C/CCCC(O)C[N+](CC)(CC)CC(C)C(=O)[O-]. The number of aliphatic carboxylic acids is 1. The first kappa shape index (κ1) is 19.1. The molecule has 4 nitrogen and oxygen atoms in total. The molecule has 0 aromatic rings. The van der Waals surface area contributed by atoms with E-state index in [0.29, 0.717) is 17.6 Å². The number of likely N-dealkylation sites (N-methyl/N-ethyl adjacent to an activating group) is 1. The second-order valence-corrected chi connectivity index (χ2v) is 5.71. The van der Waals surface area contributed by atoms with Crippen molar-refractivity contribution < 1.29 is 19.5 Å². The number of hydrogen-bond donors (Lipinski definition) is 1. The minimum Gasteiger partial charge on any atom is -0.550 e. The Morgan fingerprint density at radius 3 is 2.35 bits per heavy atom. The van der Waals surface area contributed by atoms with Gasteiger partial charge in [0.25, 0.3) is 0 Å². The average Bonchev–Trinajstić information content (AvgIpc) is 2.42. The van der Waals surface area contributed by atoms with Crippen LogP contribution in [0.1, 0.15) is 47.0 Å². The van der Waals surface area contributed by atoms with E-state index in [-0.39, 0.29) is 6.10 Å². The maximum Gasteiger partial charge on any atom is 0.105 e. The molecule has 0 aliphatic heterocycles. The molecule has 0 aromatic heterocycles. The number of carboxylic acid groups (broad SMARTS) is 1. The molecule has 0 spiro atoms. The lowest BCUT2D eigenvalue weighted by atomic mass is 10.1. The lowest BCUT2D eigenvalue weighted by Gasteiger charge is -2.40. The van der Waals surface area contributed by atoms with Crippen molar-refractivity contribution in [1.82, 2.24) is 0 Å². The van der Waals surface area contributed by atoms with Crippen LogP contribution in [-0.2, 0) is 4.79 Å². The van der Waals surface area contributed by atoms with Gasteiger partial charge in [0.2, 0.25) is 0 Å². The molecule has 0 rings (SSSR count). The number of aliphatic hydroxyl groups excluding tert-OH is 1. The van der Waals surface area contributed by atoms with E-state index in [0.717, 1.165) is 32.4 Å². The average molecular weight is 285 g/mol. The maximum absolute atomic E-state index is 10.9. The zero-order valence-corrected chi connectivity index (χ0v) is 13.5. The predicted octanol–water partition coefficient (Wildman–Crippen LogP) is 1.34. The third kappa shape index (κ3) is 7.06. The molecule has 4 heteroatoms. The second-order valence-electron chi connectivity index (χ2n) is 5.71. The zero-order chi connectivity index (χ0) is 15.6. The van der Waals surface area contributed by atoms with E-state index in [1.165, 1.54) is 0 Å². The van der Waals surface area contributed by atoms with E-state index in [2.05, 4.69) is 19.9 Å². The summed E-state index contributed by atoms with van der Waals surface area (Å²) in [5.41, 5.74) is 0. The number of carbonyl (C=O) groups is 1. The largest absolute Gasteiger partial charge is 0.550 e. The van der Waals surface area contributed by atoms with Crippen LogP contribution in [0.4, 0.5) is 0 Å². The summed E-state index contributed by atoms with van der Waals surface area (Å²) in [6, 6.07) is 0. The van der Waals surface area contributed by atoms with Gasteiger partial charge >= 0.3 is 0 Å². The highest BCUT2D eigenvalue weighted by molar-refractivity contribution is 5.67. The van der Waals surface area contributed by atoms with E-state index in [1.54, 1.807) is 6.92 Å². The minimum atomic E-state index is -1.00. The Labute approximate surface area is 123 Å². The molecule has 1 N–H and O–H groups in total. The fourth-order valence-electron chi connectivity index (χ4n) is 2.65. The van der Waals surface area contributed by atoms with Crippen molar-refractivity contribution in [3.8, 4) is 0 Å². The van der Waals surface area contributed by atoms with E-state index in [4.69, 9.17) is 0 Å². The number of unbranched alkanes of at least 4 members (excludes halogenated alkanes) is 1. The van der Waals surface area contributed by atoms with Gasteiger partial charge in [-0.2, -0.15) is 0 Å². The Bertz CT molecular complexity index is 298. The molecule has 0 saturated heterocycles. The van der Waals surface area contributed by atoms with E-state index in [1.807, 2.05) is 13.0 Å². The summed E-state index contributed by atoms with van der Waals surface area (Å²) < 4.78 is 0.639. The molecule has 0 fully saturated rings.